The summed E-state index contributed by atoms with van der Waals surface area (Å²) in [7, 11) is 0. The molecular formula is C21H20ClNO3. The number of fused-ring (bicyclic) bond motifs is 2. The van der Waals surface area contributed by atoms with E-state index in [0.29, 0.717) is 18.1 Å². The van der Waals surface area contributed by atoms with Crippen molar-refractivity contribution in [2.75, 3.05) is 6.61 Å². The number of carboxylic acid groups (broad SMARTS) is 1. The van der Waals surface area contributed by atoms with Gasteiger partial charge < -0.3 is 14.8 Å². The maximum atomic E-state index is 11.6. The largest absolute Gasteiger partial charge is 0.493 e. The summed E-state index contributed by atoms with van der Waals surface area (Å²) in [5, 5.41) is 11.0. The number of H-pyrrole nitrogens is 1. The Morgan fingerprint density at radius 3 is 2.96 bits per heavy atom. The van der Waals surface area contributed by atoms with Gasteiger partial charge in [0, 0.05) is 15.9 Å². The fourth-order valence-electron chi connectivity index (χ4n) is 3.82. The zero-order valence-corrected chi connectivity index (χ0v) is 15.1. The Kier molecular flexibility index (Phi) is 4.60. The van der Waals surface area contributed by atoms with Crippen LogP contribution in [0.15, 0.2) is 36.4 Å². The molecule has 1 heterocycles. The molecule has 0 saturated carbocycles. The van der Waals surface area contributed by atoms with Gasteiger partial charge in [-0.3, -0.25) is 0 Å². The summed E-state index contributed by atoms with van der Waals surface area (Å²) in [4.78, 5) is 14.5. The average molecular weight is 370 g/mol. The van der Waals surface area contributed by atoms with Crippen molar-refractivity contribution in [3.63, 3.8) is 0 Å². The lowest BCUT2D eigenvalue weighted by Crippen LogP contribution is -2.05. The second kappa shape index (κ2) is 7.04. The van der Waals surface area contributed by atoms with Gasteiger partial charge in [-0.15, -0.1) is 0 Å². The molecule has 0 spiro atoms. The number of nitrogens with one attached hydrogen (secondary N) is 1. The number of ether oxygens (including phenoxy) is 1. The molecule has 0 bridgehead atoms. The van der Waals surface area contributed by atoms with Crippen molar-refractivity contribution in [2.24, 2.45) is 0 Å². The summed E-state index contributed by atoms with van der Waals surface area (Å²) in [6.07, 6.45) is 4.79. The van der Waals surface area contributed by atoms with Crippen LogP contribution in [-0.4, -0.2) is 22.7 Å². The van der Waals surface area contributed by atoms with Crippen LogP contribution < -0.4 is 4.74 Å². The zero-order chi connectivity index (χ0) is 18.1. The number of aromatic nitrogens is 1. The van der Waals surface area contributed by atoms with Gasteiger partial charge in [-0.25, -0.2) is 4.79 Å². The van der Waals surface area contributed by atoms with Crippen molar-refractivity contribution in [3.05, 3.63) is 63.8 Å². The highest BCUT2D eigenvalue weighted by molar-refractivity contribution is 6.31. The minimum Gasteiger partial charge on any atom is -0.493 e. The number of halogens is 1. The topological polar surface area (TPSA) is 62.3 Å². The lowest BCUT2D eigenvalue weighted by molar-refractivity contribution is 0.0690. The van der Waals surface area contributed by atoms with E-state index in [4.69, 9.17) is 16.3 Å². The number of aromatic carboxylic acids is 1. The Balaban J connectivity index is 1.47. The first-order valence-corrected chi connectivity index (χ1v) is 9.28. The van der Waals surface area contributed by atoms with E-state index in [1.807, 2.05) is 18.2 Å². The van der Waals surface area contributed by atoms with Crippen LogP contribution in [0.25, 0.3) is 10.9 Å². The van der Waals surface area contributed by atoms with Gasteiger partial charge in [0.15, 0.2) is 0 Å². The number of benzene rings is 2. The molecule has 4 nitrogen and oxygen atoms in total. The molecule has 1 aliphatic carbocycles. The van der Waals surface area contributed by atoms with Crippen LogP contribution >= 0.6 is 11.6 Å². The summed E-state index contributed by atoms with van der Waals surface area (Å²) < 4.78 is 6.00. The van der Waals surface area contributed by atoms with Crippen LogP contribution in [0.3, 0.4) is 0 Å². The molecule has 2 aromatic carbocycles. The molecular weight excluding hydrogens is 350 g/mol. The quantitative estimate of drug-likeness (QED) is 0.600. The molecule has 0 amide bonds. The Morgan fingerprint density at radius 2 is 2.12 bits per heavy atom. The normalized spacial score (nSPS) is 13.1. The molecule has 0 atom stereocenters. The third kappa shape index (κ3) is 3.17. The number of hydrogen-bond donors (Lipinski definition) is 2. The molecule has 5 heteroatoms. The molecule has 134 valence electrons. The van der Waals surface area contributed by atoms with Crippen LogP contribution in [0.5, 0.6) is 5.75 Å². The van der Waals surface area contributed by atoms with Crippen molar-refractivity contribution in [2.45, 2.75) is 32.1 Å². The van der Waals surface area contributed by atoms with Crippen LogP contribution in [0.1, 0.15) is 40.0 Å². The van der Waals surface area contributed by atoms with Crippen molar-refractivity contribution in [3.8, 4) is 5.75 Å². The SMILES string of the molecule is O=C(O)c1[nH]c2cc(Cl)ccc2c1CCCOc1cccc2c1CCC2. The van der Waals surface area contributed by atoms with Gasteiger partial charge in [0.25, 0.3) is 0 Å². The Bertz CT molecular complexity index is 977. The number of carboxylic acids is 1. The van der Waals surface area contributed by atoms with Gasteiger partial charge in [-0.05, 0) is 67.0 Å². The molecule has 0 fully saturated rings. The Labute approximate surface area is 156 Å². The summed E-state index contributed by atoms with van der Waals surface area (Å²) >= 11 is 6.01. The first-order chi connectivity index (χ1) is 12.6. The van der Waals surface area contributed by atoms with E-state index in [0.717, 1.165) is 41.5 Å². The second-order valence-electron chi connectivity index (χ2n) is 6.67. The minimum atomic E-state index is -0.950. The van der Waals surface area contributed by atoms with Crippen LogP contribution in [0.2, 0.25) is 5.02 Å². The van der Waals surface area contributed by atoms with Gasteiger partial charge in [0.2, 0.25) is 0 Å². The molecule has 1 aliphatic rings. The highest BCUT2D eigenvalue weighted by Crippen LogP contribution is 2.31. The molecule has 0 aliphatic heterocycles. The van der Waals surface area contributed by atoms with Crippen LogP contribution in [0.4, 0.5) is 0 Å². The predicted molar refractivity (Wildman–Crippen MR) is 103 cm³/mol. The molecule has 26 heavy (non-hydrogen) atoms. The van der Waals surface area contributed by atoms with Gasteiger partial charge in [-0.1, -0.05) is 29.8 Å². The van der Waals surface area contributed by atoms with E-state index in [1.54, 1.807) is 12.1 Å². The average Bonchev–Trinajstić information content (AvgIpc) is 3.23. The van der Waals surface area contributed by atoms with Gasteiger partial charge in [0.1, 0.15) is 11.4 Å². The molecule has 0 saturated heterocycles. The Morgan fingerprint density at radius 1 is 1.23 bits per heavy atom. The van der Waals surface area contributed by atoms with E-state index in [-0.39, 0.29) is 5.69 Å². The van der Waals surface area contributed by atoms with E-state index >= 15 is 0 Å². The summed E-state index contributed by atoms with van der Waals surface area (Å²) in [5.41, 5.74) is 4.53. The van der Waals surface area contributed by atoms with E-state index < -0.39 is 5.97 Å². The number of hydrogen-bond acceptors (Lipinski definition) is 2. The van der Waals surface area contributed by atoms with Crippen LogP contribution in [-0.2, 0) is 19.3 Å². The van der Waals surface area contributed by atoms with E-state index in [9.17, 15) is 9.90 Å². The highest BCUT2D eigenvalue weighted by Gasteiger charge is 2.18. The van der Waals surface area contributed by atoms with Crippen LogP contribution in [0, 0.1) is 0 Å². The number of carbonyl (C=O) groups is 1. The molecule has 0 radical (unpaired) electrons. The number of aryl methyl sites for hydroxylation is 2. The number of rotatable bonds is 6. The van der Waals surface area contributed by atoms with Crippen molar-refractivity contribution >= 4 is 28.5 Å². The van der Waals surface area contributed by atoms with E-state index in [1.165, 1.54) is 17.5 Å². The lowest BCUT2D eigenvalue weighted by Gasteiger charge is -2.11. The lowest BCUT2D eigenvalue weighted by atomic mass is 10.1. The Hall–Kier alpha value is -2.46. The molecule has 4 rings (SSSR count). The third-order valence-electron chi connectivity index (χ3n) is 5.01. The van der Waals surface area contributed by atoms with Gasteiger partial charge in [-0.2, -0.15) is 0 Å². The van der Waals surface area contributed by atoms with E-state index in [2.05, 4.69) is 11.1 Å². The molecule has 2 N–H and O–H groups in total. The fraction of sp³-hybridized carbons (Fsp3) is 0.286. The second-order valence-corrected chi connectivity index (χ2v) is 7.11. The summed E-state index contributed by atoms with van der Waals surface area (Å²) in [5.74, 6) is 0.0262. The summed E-state index contributed by atoms with van der Waals surface area (Å²) in [6.45, 7) is 0.565. The highest BCUT2D eigenvalue weighted by atomic mass is 35.5. The third-order valence-corrected chi connectivity index (χ3v) is 5.25. The monoisotopic (exact) mass is 369 g/mol. The molecule has 0 unspecified atom stereocenters. The smallest absolute Gasteiger partial charge is 0.352 e. The minimum absolute atomic E-state index is 0.239. The maximum Gasteiger partial charge on any atom is 0.352 e. The summed E-state index contributed by atoms with van der Waals surface area (Å²) in [6, 6.07) is 11.7. The fourth-order valence-corrected chi connectivity index (χ4v) is 3.99. The first-order valence-electron chi connectivity index (χ1n) is 8.90. The van der Waals surface area contributed by atoms with Gasteiger partial charge in [0.05, 0.1) is 6.61 Å². The first kappa shape index (κ1) is 17.0. The maximum absolute atomic E-state index is 11.6. The van der Waals surface area contributed by atoms with Crippen molar-refractivity contribution in [1.82, 2.24) is 4.98 Å². The standard InChI is InChI=1S/C21H20ClNO3/c22-14-9-10-16-17(20(21(24)25)23-18(16)12-14)7-3-11-26-19-8-2-5-13-4-1-6-15(13)19/h2,5,8-10,12,23H,1,3-4,6-7,11H2,(H,24,25). The van der Waals surface area contributed by atoms with Crippen molar-refractivity contribution in [1.29, 1.82) is 0 Å². The van der Waals surface area contributed by atoms with Crippen molar-refractivity contribution < 1.29 is 14.6 Å². The zero-order valence-electron chi connectivity index (χ0n) is 14.3. The predicted octanol–water partition coefficient (Wildman–Crippen LogP) is 5.02. The van der Waals surface area contributed by atoms with Gasteiger partial charge >= 0.3 is 5.97 Å². The molecule has 1 aromatic heterocycles. The number of aromatic amines is 1. The molecule has 3 aromatic rings.